The van der Waals surface area contributed by atoms with Crippen molar-refractivity contribution in [3.63, 3.8) is 0 Å². The second kappa shape index (κ2) is 26.3. The lowest BCUT2D eigenvalue weighted by Crippen LogP contribution is -2.46. The van der Waals surface area contributed by atoms with Crippen molar-refractivity contribution in [1.82, 2.24) is 0 Å². The van der Waals surface area contributed by atoms with Crippen LogP contribution < -0.4 is 0 Å². The molecule has 3 aliphatic rings. The van der Waals surface area contributed by atoms with Crippen LogP contribution in [-0.4, -0.2) is 93.3 Å². The Morgan fingerprint density at radius 1 is 0.765 bits per heavy atom. The van der Waals surface area contributed by atoms with Gasteiger partial charge in [-0.05, 0) is 59.3 Å². The third-order valence-corrected chi connectivity index (χ3v) is 9.33. The molecule has 3 rings (SSSR count). The molecule has 3 fully saturated rings. The molecule has 11 heteroatoms. The molecule has 298 valence electrons. The van der Waals surface area contributed by atoms with E-state index in [0.29, 0.717) is 19.6 Å². The van der Waals surface area contributed by atoms with Gasteiger partial charge in [-0.3, -0.25) is 19.2 Å². The first-order valence-corrected chi connectivity index (χ1v) is 18.7. The van der Waals surface area contributed by atoms with Crippen LogP contribution >= 0.6 is 0 Å². The third kappa shape index (κ3) is 16.8. The van der Waals surface area contributed by atoms with E-state index in [1.165, 1.54) is 13.8 Å². The van der Waals surface area contributed by atoms with Crippen LogP contribution in [0.3, 0.4) is 0 Å². The molecule has 3 aliphatic heterocycles. The zero-order valence-corrected chi connectivity index (χ0v) is 34.9. The Morgan fingerprint density at radius 3 is 1.71 bits per heavy atom. The van der Waals surface area contributed by atoms with E-state index in [9.17, 15) is 19.2 Å². The van der Waals surface area contributed by atoms with Crippen molar-refractivity contribution < 1.29 is 52.3 Å². The first-order chi connectivity index (χ1) is 24.0. The molecule has 0 amide bonds. The molecule has 51 heavy (non-hydrogen) atoms. The van der Waals surface area contributed by atoms with E-state index in [-0.39, 0.29) is 59.9 Å². The number of hydrogen-bond acceptors (Lipinski definition) is 11. The standard InChI is InChI=1S/C23H38O7.C9H16O4.C4H6.2C2H6/c1-12-9-13(2)19(27-8)16(5)22(26)29-17(6)14(3)20(30-18(7)24)15(4)21(25)23(10-12)11-28-23;1-6-9(13-7(2)10)8(11-3)4-5-12-6;1-3-4-2;2*1-2/h12-17,19-20H,9-11H2,1-8H3;6,8-9H,4-5H2,1-3H3;1-2H3;2*1-2H3/t12-,13-,14+,15-,16-,17-,19+,20+,23-;6-,8+,9-;;;/m10.../s1. The van der Waals surface area contributed by atoms with Crippen molar-refractivity contribution >= 4 is 23.7 Å². The Bertz CT molecular complexity index is 1070. The van der Waals surface area contributed by atoms with Gasteiger partial charge in [0.15, 0.2) is 17.5 Å². The normalized spacial score (nSPS) is 34.9. The molecular formula is C40H72O11. The predicted octanol–water partition coefficient (Wildman–Crippen LogP) is 7.00. The van der Waals surface area contributed by atoms with Crippen LogP contribution in [0.25, 0.3) is 0 Å². The van der Waals surface area contributed by atoms with Gasteiger partial charge in [0, 0.05) is 47.0 Å². The minimum atomic E-state index is -0.811. The maximum Gasteiger partial charge on any atom is 0.311 e. The number of ether oxygens (including phenoxy) is 7. The summed E-state index contributed by atoms with van der Waals surface area (Å²) in [6, 6.07) is 0. The number of rotatable bonds is 4. The fourth-order valence-electron chi connectivity index (χ4n) is 6.56. The Labute approximate surface area is 309 Å². The Hall–Kier alpha value is -2.52. The third-order valence-electron chi connectivity index (χ3n) is 9.33. The highest BCUT2D eigenvalue weighted by molar-refractivity contribution is 5.92. The minimum Gasteiger partial charge on any atom is -0.462 e. The average molecular weight is 729 g/mol. The molecule has 0 bridgehead atoms. The number of carbonyl (C=O) groups is 4. The summed E-state index contributed by atoms with van der Waals surface area (Å²) >= 11 is 0. The van der Waals surface area contributed by atoms with Crippen molar-refractivity contribution in [1.29, 1.82) is 0 Å². The van der Waals surface area contributed by atoms with Crippen LogP contribution in [0.4, 0.5) is 0 Å². The van der Waals surface area contributed by atoms with Crippen LogP contribution in [0.2, 0.25) is 0 Å². The van der Waals surface area contributed by atoms with Crippen LogP contribution in [0.5, 0.6) is 0 Å². The number of methoxy groups -OCH3 is 2. The summed E-state index contributed by atoms with van der Waals surface area (Å²) in [5.41, 5.74) is -0.811. The SMILES string of the molecule is CC.CC.CC#CC.CO[C@@H]1CCO[C@@H](C)[C@@H]1OC(C)=O.CO[C@H]1[C@H](C)C[C@@H](C)C[C@@]2(CO2)C(=O)[C@H](C)[C@@H](OC(C)=O)[C@@H](C)[C@@H](C)OC(=O)[C@@H]1C. The number of Topliss-reactive ketones (excluding diaryl/α,β-unsaturated/α-hetero) is 1. The average Bonchev–Trinajstić information content (AvgIpc) is 3.88. The van der Waals surface area contributed by atoms with Crippen molar-refractivity contribution in [2.75, 3.05) is 27.4 Å². The second-order valence-electron chi connectivity index (χ2n) is 13.2. The number of cyclic esters (lactones) is 1. The summed E-state index contributed by atoms with van der Waals surface area (Å²) in [4.78, 5) is 48.7. The Kier molecular flexibility index (Phi) is 26.1. The van der Waals surface area contributed by atoms with Gasteiger partial charge in [-0.2, -0.15) is 0 Å². The maximum atomic E-state index is 13.4. The first kappa shape index (κ1) is 50.6. The lowest BCUT2D eigenvalue weighted by atomic mass is 9.77. The number of epoxide rings is 1. The second-order valence-corrected chi connectivity index (χ2v) is 13.2. The highest BCUT2D eigenvalue weighted by Crippen LogP contribution is 2.41. The first-order valence-electron chi connectivity index (χ1n) is 18.7. The highest BCUT2D eigenvalue weighted by atomic mass is 16.6. The fraction of sp³-hybridized carbons (Fsp3) is 0.850. The number of carbonyl (C=O) groups excluding carboxylic acids is 4. The maximum absolute atomic E-state index is 13.4. The number of esters is 3. The Balaban J connectivity index is 0. The van der Waals surface area contributed by atoms with Crippen molar-refractivity contribution in [3.05, 3.63) is 0 Å². The summed E-state index contributed by atoms with van der Waals surface area (Å²) in [6.45, 7) is 28.7. The van der Waals surface area contributed by atoms with E-state index >= 15 is 0 Å². The van der Waals surface area contributed by atoms with Gasteiger partial charge < -0.3 is 33.2 Å². The number of ketones is 1. The summed E-state index contributed by atoms with van der Waals surface area (Å²) in [5.74, 6) is 3.16. The van der Waals surface area contributed by atoms with Gasteiger partial charge in [0.1, 0.15) is 12.2 Å². The van der Waals surface area contributed by atoms with Gasteiger partial charge in [0.05, 0.1) is 36.8 Å². The van der Waals surface area contributed by atoms with Gasteiger partial charge in [-0.1, -0.05) is 55.4 Å². The molecule has 0 aromatic carbocycles. The summed E-state index contributed by atoms with van der Waals surface area (Å²) < 4.78 is 38.3. The molecule has 1 spiro atoms. The van der Waals surface area contributed by atoms with Gasteiger partial charge in [-0.25, -0.2) is 0 Å². The molecule has 0 saturated carbocycles. The number of hydrogen-bond donors (Lipinski definition) is 0. The Morgan fingerprint density at radius 2 is 1.27 bits per heavy atom. The molecule has 3 heterocycles. The largest absolute Gasteiger partial charge is 0.462 e. The van der Waals surface area contributed by atoms with Crippen molar-refractivity contribution in [3.8, 4) is 11.8 Å². The molecule has 0 unspecified atom stereocenters. The monoisotopic (exact) mass is 729 g/mol. The molecule has 12 atom stereocenters. The zero-order chi connectivity index (χ0) is 40.1. The summed E-state index contributed by atoms with van der Waals surface area (Å²) in [6.07, 6.45) is 0.259. The van der Waals surface area contributed by atoms with E-state index < -0.39 is 35.6 Å². The molecule has 0 N–H and O–H groups in total. The molecular weight excluding hydrogens is 656 g/mol. The zero-order valence-electron chi connectivity index (χ0n) is 34.9. The van der Waals surface area contributed by atoms with Crippen LogP contribution in [0.1, 0.15) is 123 Å². The molecule has 0 radical (unpaired) electrons. The van der Waals surface area contributed by atoms with E-state index in [1.54, 1.807) is 28.1 Å². The van der Waals surface area contributed by atoms with E-state index in [0.717, 1.165) is 12.8 Å². The van der Waals surface area contributed by atoms with Crippen molar-refractivity contribution in [2.24, 2.45) is 29.6 Å². The smallest absolute Gasteiger partial charge is 0.311 e. The molecule has 0 aliphatic carbocycles. The van der Waals surface area contributed by atoms with E-state index in [2.05, 4.69) is 25.7 Å². The molecule has 0 aromatic rings. The highest BCUT2D eigenvalue weighted by Gasteiger charge is 2.56. The molecule has 3 saturated heterocycles. The van der Waals surface area contributed by atoms with Crippen molar-refractivity contribution in [2.45, 2.75) is 165 Å². The fourth-order valence-corrected chi connectivity index (χ4v) is 6.56. The van der Waals surface area contributed by atoms with Crippen LogP contribution in [-0.2, 0) is 52.3 Å². The topological polar surface area (TPSA) is 136 Å². The summed E-state index contributed by atoms with van der Waals surface area (Å²) in [7, 11) is 3.23. The van der Waals surface area contributed by atoms with Crippen LogP contribution in [0.15, 0.2) is 0 Å². The lowest BCUT2D eigenvalue weighted by molar-refractivity contribution is -0.181. The quantitative estimate of drug-likeness (QED) is 0.128. The predicted molar refractivity (Wildman–Crippen MR) is 199 cm³/mol. The van der Waals surface area contributed by atoms with E-state index in [1.807, 2.05) is 62.3 Å². The molecule has 11 nitrogen and oxygen atoms in total. The van der Waals surface area contributed by atoms with Gasteiger partial charge in [0.25, 0.3) is 0 Å². The lowest BCUT2D eigenvalue weighted by Gasteiger charge is -2.35. The molecule has 0 aromatic heterocycles. The minimum absolute atomic E-state index is 0.0346. The van der Waals surface area contributed by atoms with Gasteiger partial charge in [-0.15, -0.1) is 11.8 Å². The summed E-state index contributed by atoms with van der Waals surface area (Å²) in [5, 5.41) is 0. The van der Waals surface area contributed by atoms with Crippen LogP contribution in [0, 0.1) is 41.4 Å². The van der Waals surface area contributed by atoms with Gasteiger partial charge >= 0.3 is 17.9 Å². The van der Waals surface area contributed by atoms with Gasteiger partial charge in [0.2, 0.25) is 0 Å². The van der Waals surface area contributed by atoms with E-state index in [4.69, 9.17) is 33.2 Å².